The van der Waals surface area contributed by atoms with Crippen LogP contribution < -0.4 is 10.6 Å². The predicted molar refractivity (Wildman–Crippen MR) is 67.6 cm³/mol. The molecule has 0 fully saturated rings. The van der Waals surface area contributed by atoms with E-state index in [2.05, 4.69) is 15.6 Å². The Labute approximate surface area is 112 Å². The van der Waals surface area contributed by atoms with Gasteiger partial charge in [0.25, 0.3) is 5.91 Å². The Bertz CT molecular complexity index is 697. The van der Waals surface area contributed by atoms with E-state index >= 15 is 0 Å². The third-order valence-corrected chi connectivity index (χ3v) is 3.15. The molecule has 1 aromatic heterocycles. The Kier molecular flexibility index (Phi) is 2.77. The van der Waals surface area contributed by atoms with Crippen molar-refractivity contribution >= 4 is 22.5 Å². The number of alkyl halides is 3. The van der Waals surface area contributed by atoms with Crippen molar-refractivity contribution < 1.29 is 18.0 Å². The maximum atomic E-state index is 12.8. The van der Waals surface area contributed by atoms with Gasteiger partial charge in [0.15, 0.2) is 0 Å². The number of rotatable bonds is 0. The fraction of sp³-hybridized carbons (Fsp3) is 0.231. The highest BCUT2D eigenvalue weighted by molar-refractivity contribution is 6.07. The lowest BCUT2D eigenvalue weighted by molar-refractivity contribution is -0.137. The number of carbonyl (C=O) groups is 1. The van der Waals surface area contributed by atoms with Crippen LogP contribution in [-0.4, -0.2) is 24.0 Å². The molecule has 0 atom stereocenters. The zero-order valence-electron chi connectivity index (χ0n) is 10.2. The molecule has 0 unspecified atom stereocenters. The first-order valence-electron chi connectivity index (χ1n) is 5.99. The summed E-state index contributed by atoms with van der Waals surface area (Å²) >= 11 is 0. The average molecular weight is 281 g/mol. The molecule has 7 heteroatoms. The number of carbonyl (C=O) groups excluding carboxylic acids is 1. The molecular weight excluding hydrogens is 271 g/mol. The number of aromatic nitrogens is 1. The zero-order chi connectivity index (χ0) is 14.3. The summed E-state index contributed by atoms with van der Waals surface area (Å²) in [5, 5.41) is 5.93. The van der Waals surface area contributed by atoms with Crippen molar-refractivity contribution in [3.63, 3.8) is 0 Å². The van der Waals surface area contributed by atoms with Gasteiger partial charge in [0.1, 0.15) is 0 Å². The van der Waals surface area contributed by atoms with E-state index in [0.29, 0.717) is 29.7 Å². The number of amides is 1. The quantitative estimate of drug-likeness (QED) is 0.779. The first kappa shape index (κ1) is 12.7. The molecule has 2 heterocycles. The summed E-state index contributed by atoms with van der Waals surface area (Å²) in [5.74, 6) is -0.336. The largest absolute Gasteiger partial charge is 0.416 e. The number of nitrogens with zero attached hydrogens (tertiary/aromatic N) is 1. The summed E-state index contributed by atoms with van der Waals surface area (Å²) in [6, 6.07) is 3.31. The van der Waals surface area contributed by atoms with E-state index in [4.69, 9.17) is 0 Å². The zero-order valence-corrected chi connectivity index (χ0v) is 10.2. The van der Waals surface area contributed by atoms with Gasteiger partial charge in [-0.05, 0) is 18.2 Å². The third-order valence-electron chi connectivity index (χ3n) is 3.15. The first-order chi connectivity index (χ1) is 9.47. The molecule has 0 aliphatic carbocycles. The normalized spacial score (nSPS) is 15.2. The van der Waals surface area contributed by atoms with E-state index in [9.17, 15) is 18.0 Å². The van der Waals surface area contributed by atoms with Crippen molar-refractivity contribution in [3.8, 4) is 0 Å². The molecule has 3 rings (SSSR count). The third kappa shape index (κ3) is 2.04. The van der Waals surface area contributed by atoms with Gasteiger partial charge in [0.2, 0.25) is 0 Å². The van der Waals surface area contributed by atoms with Gasteiger partial charge in [0, 0.05) is 24.7 Å². The molecule has 1 aliphatic rings. The first-order valence-corrected chi connectivity index (χ1v) is 5.99. The van der Waals surface area contributed by atoms with Gasteiger partial charge in [-0.2, -0.15) is 13.2 Å². The van der Waals surface area contributed by atoms with E-state index in [1.165, 1.54) is 12.3 Å². The number of anilines is 1. The number of hydrogen-bond donors (Lipinski definition) is 2. The van der Waals surface area contributed by atoms with Gasteiger partial charge in [-0.3, -0.25) is 9.78 Å². The molecule has 0 saturated heterocycles. The number of pyridine rings is 1. The molecule has 1 aliphatic heterocycles. The van der Waals surface area contributed by atoms with Crippen molar-refractivity contribution in [2.45, 2.75) is 6.18 Å². The number of benzene rings is 1. The van der Waals surface area contributed by atoms with Gasteiger partial charge >= 0.3 is 6.18 Å². The Morgan fingerprint density at radius 2 is 1.90 bits per heavy atom. The van der Waals surface area contributed by atoms with Crippen LogP contribution in [-0.2, 0) is 6.18 Å². The van der Waals surface area contributed by atoms with Gasteiger partial charge < -0.3 is 10.6 Å². The summed E-state index contributed by atoms with van der Waals surface area (Å²) in [7, 11) is 0. The molecule has 104 valence electrons. The van der Waals surface area contributed by atoms with Crippen molar-refractivity contribution in [1.29, 1.82) is 0 Å². The number of nitrogens with one attached hydrogen (secondary N) is 2. The van der Waals surface area contributed by atoms with Gasteiger partial charge in [-0.15, -0.1) is 0 Å². The standard InChI is InChI=1S/C13H10F3N3O/c14-13(15,16)7-1-2-10-8(5-7)11-9(6-19-10)12(20)18-4-3-17-11/h1-2,5-6,17H,3-4H2,(H,18,20). The van der Waals surface area contributed by atoms with Crippen LogP contribution in [0.15, 0.2) is 24.4 Å². The molecule has 0 saturated carbocycles. The minimum Gasteiger partial charge on any atom is -0.382 e. The number of halogens is 3. The second-order valence-corrected chi connectivity index (χ2v) is 4.46. The van der Waals surface area contributed by atoms with Gasteiger partial charge in [0.05, 0.1) is 22.3 Å². The number of fused-ring (bicyclic) bond motifs is 3. The molecule has 0 bridgehead atoms. The summed E-state index contributed by atoms with van der Waals surface area (Å²) < 4.78 is 38.4. The summed E-state index contributed by atoms with van der Waals surface area (Å²) in [4.78, 5) is 15.9. The van der Waals surface area contributed by atoms with Crippen molar-refractivity contribution in [2.24, 2.45) is 0 Å². The van der Waals surface area contributed by atoms with E-state index in [1.54, 1.807) is 0 Å². The average Bonchev–Trinajstić information content (AvgIpc) is 2.59. The molecule has 20 heavy (non-hydrogen) atoms. The van der Waals surface area contributed by atoms with Crippen LogP contribution in [0.4, 0.5) is 18.9 Å². The second kappa shape index (κ2) is 4.36. The Balaban J connectivity index is 2.27. The molecule has 1 aromatic carbocycles. The van der Waals surface area contributed by atoms with E-state index in [-0.39, 0.29) is 11.5 Å². The molecule has 2 aromatic rings. The number of hydrogen-bond acceptors (Lipinski definition) is 3. The molecule has 2 N–H and O–H groups in total. The van der Waals surface area contributed by atoms with Crippen LogP contribution in [0, 0.1) is 0 Å². The van der Waals surface area contributed by atoms with Crippen molar-refractivity contribution in [1.82, 2.24) is 10.3 Å². The summed E-state index contributed by atoms with van der Waals surface area (Å²) in [5.41, 5.74) is 0.316. The van der Waals surface area contributed by atoms with E-state index in [0.717, 1.165) is 12.1 Å². The predicted octanol–water partition coefficient (Wildman–Crippen LogP) is 2.41. The summed E-state index contributed by atoms with van der Waals surface area (Å²) in [6.07, 6.45) is -3.05. The monoisotopic (exact) mass is 281 g/mol. The van der Waals surface area contributed by atoms with E-state index in [1.807, 2.05) is 0 Å². The van der Waals surface area contributed by atoms with Crippen LogP contribution >= 0.6 is 0 Å². The lowest BCUT2D eigenvalue weighted by atomic mass is 10.1. The molecule has 1 amide bonds. The Hall–Kier alpha value is -2.31. The highest BCUT2D eigenvalue weighted by Gasteiger charge is 2.31. The van der Waals surface area contributed by atoms with E-state index < -0.39 is 11.7 Å². The maximum absolute atomic E-state index is 12.8. The topological polar surface area (TPSA) is 54.0 Å². The minimum atomic E-state index is -4.43. The lowest BCUT2D eigenvalue weighted by Crippen LogP contribution is -2.24. The fourth-order valence-electron chi connectivity index (χ4n) is 2.19. The second-order valence-electron chi connectivity index (χ2n) is 4.46. The van der Waals surface area contributed by atoms with Crippen LogP contribution in [0.2, 0.25) is 0 Å². The lowest BCUT2D eigenvalue weighted by Gasteiger charge is -2.12. The van der Waals surface area contributed by atoms with Crippen LogP contribution in [0.1, 0.15) is 15.9 Å². The van der Waals surface area contributed by atoms with Crippen LogP contribution in [0.3, 0.4) is 0 Å². The molecular formula is C13H10F3N3O. The van der Waals surface area contributed by atoms with Gasteiger partial charge in [-0.1, -0.05) is 0 Å². The smallest absolute Gasteiger partial charge is 0.382 e. The molecule has 4 nitrogen and oxygen atoms in total. The Morgan fingerprint density at radius 1 is 1.15 bits per heavy atom. The van der Waals surface area contributed by atoms with Crippen LogP contribution in [0.5, 0.6) is 0 Å². The Morgan fingerprint density at radius 3 is 2.65 bits per heavy atom. The summed E-state index contributed by atoms with van der Waals surface area (Å²) in [6.45, 7) is 0.863. The fourth-order valence-corrected chi connectivity index (χ4v) is 2.19. The van der Waals surface area contributed by atoms with Crippen molar-refractivity contribution in [3.05, 3.63) is 35.5 Å². The highest BCUT2D eigenvalue weighted by atomic mass is 19.4. The maximum Gasteiger partial charge on any atom is 0.416 e. The minimum absolute atomic E-state index is 0.259. The highest BCUT2D eigenvalue weighted by Crippen LogP contribution is 2.34. The SMILES string of the molecule is O=C1NCCNc2c1cnc1ccc(C(F)(F)F)cc21. The molecule has 0 spiro atoms. The van der Waals surface area contributed by atoms with Gasteiger partial charge in [-0.25, -0.2) is 0 Å². The molecule has 0 radical (unpaired) electrons. The van der Waals surface area contributed by atoms with Crippen LogP contribution in [0.25, 0.3) is 10.9 Å². The van der Waals surface area contributed by atoms with Crippen molar-refractivity contribution in [2.75, 3.05) is 18.4 Å².